The van der Waals surface area contributed by atoms with Crippen molar-refractivity contribution in [3.05, 3.63) is 65.7 Å². The first-order chi connectivity index (χ1) is 12.8. The fraction of sp³-hybridized carbons (Fsp3) is 0.435. The number of hydrogen-bond donors (Lipinski definition) is 0. The largest absolute Gasteiger partial charge is 0.497 e. The molecule has 3 rings (SSSR count). The van der Waals surface area contributed by atoms with Crippen molar-refractivity contribution in [2.45, 2.75) is 38.0 Å². The molecule has 3 nitrogen and oxygen atoms in total. The van der Waals surface area contributed by atoms with Crippen LogP contribution in [0.2, 0.25) is 0 Å². The van der Waals surface area contributed by atoms with Gasteiger partial charge < -0.3 is 9.64 Å². The molecule has 27 heavy (non-hydrogen) atoms. The van der Waals surface area contributed by atoms with Crippen molar-refractivity contribution in [3.63, 3.8) is 0 Å². The number of carbonyl (C=O) groups excluding carboxylic acids is 1. The highest BCUT2D eigenvalue weighted by Gasteiger charge is 2.19. The maximum atomic E-state index is 12.2. The summed E-state index contributed by atoms with van der Waals surface area (Å²) < 4.78 is 5.13. The molecule has 0 aliphatic carbocycles. The number of halogens is 1. The van der Waals surface area contributed by atoms with Crippen LogP contribution in [0.1, 0.15) is 53.9 Å². The third kappa shape index (κ3) is 6.37. The molecule has 2 aromatic carbocycles. The van der Waals surface area contributed by atoms with Crippen molar-refractivity contribution in [2.75, 3.05) is 26.7 Å². The van der Waals surface area contributed by atoms with Gasteiger partial charge in [-0.05, 0) is 81.1 Å². The van der Waals surface area contributed by atoms with E-state index in [9.17, 15) is 4.79 Å². The summed E-state index contributed by atoms with van der Waals surface area (Å²) in [6.45, 7) is 3.45. The van der Waals surface area contributed by atoms with Crippen molar-refractivity contribution >= 4 is 18.2 Å². The molecule has 146 valence electrons. The van der Waals surface area contributed by atoms with E-state index in [0.717, 1.165) is 30.7 Å². The highest BCUT2D eigenvalue weighted by atomic mass is 35.5. The second-order valence-corrected chi connectivity index (χ2v) is 7.14. The van der Waals surface area contributed by atoms with Crippen LogP contribution < -0.4 is 4.74 Å². The van der Waals surface area contributed by atoms with Crippen LogP contribution in [0.15, 0.2) is 54.6 Å². The van der Waals surface area contributed by atoms with E-state index in [2.05, 4.69) is 35.2 Å². The number of hydrogen-bond acceptors (Lipinski definition) is 3. The molecule has 1 aliphatic rings. The molecule has 0 atom stereocenters. The van der Waals surface area contributed by atoms with Crippen molar-refractivity contribution in [1.82, 2.24) is 4.90 Å². The molecular weight excluding hydrogens is 358 g/mol. The van der Waals surface area contributed by atoms with E-state index >= 15 is 0 Å². The Labute approximate surface area is 169 Å². The molecule has 0 saturated carbocycles. The monoisotopic (exact) mass is 387 g/mol. The van der Waals surface area contributed by atoms with E-state index in [0.29, 0.717) is 12.3 Å². The molecule has 0 spiro atoms. The number of Topliss-reactive ketones (excluding diaryl/α,β-unsaturated/α-hetero) is 1. The minimum absolute atomic E-state index is 0. The summed E-state index contributed by atoms with van der Waals surface area (Å²) in [7, 11) is 1.64. The Balaban J connectivity index is 0.00000261. The molecule has 1 fully saturated rings. The summed E-state index contributed by atoms with van der Waals surface area (Å²) in [5.74, 6) is 1.74. The zero-order valence-corrected chi connectivity index (χ0v) is 16.9. The first kappa shape index (κ1) is 21.5. The lowest BCUT2D eigenvalue weighted by atomic mass is 9.89. The maximum absolute atomic E-state index is 12.2. The summed E-state index contributed by atoms with van der Waals surface area (Å²) >= 11 is 0. The third-order valence-electron chi connectivity index (χ3n) is 5.40. The van der Waals surface area contributed by atoms with E-state index in [1.165, 1.54) is 31.5 Å². The Morgan fingerprint density at radius 3 is 2.30 bits per heavy atom. The number of nitrogens with zero attached hydrogens (tertiary/aromatic N) is 1. The highest BCUT2D eigenvalue weighted by molar-refractivity contribution is 5.96. The number of methoxy groups -OCH3 is 1. The summed E-state index contributed by atoms with van der Waals surface area (Å²) in [6, 6.07) is 18.3. The Kier molecular flexibility index (Phi) is 8.83. The molecule has 1 saturated heterocycles. The second-order valence-electron chi connectivity index (χ2n) is 7.14. The smallest absolute Gasteiger partial charge is 0.162 e. The van der Waals surface area contributed by atoms with Gasteiger partial charge in [0, 0.05) is 12.0 Å². The molecule has 2 aromatic rings. The molecule has 1 aliphatic heterocycles. The molecule has 0 N–H and O–H groups in total. The first-order valence-corrected chi connectivity index (χ1v) is 9.71. The average molecular weight is 388 g/mol. The van der Waals surface area contributed by atoms with Crippen molar-refractivity contribution < 1.29 is 9.53 Å². The second kappa shape index (κ2) is 11.1. The Morgan fingerprint density at radius 2 is 1.67 bits per heavy atom. The number of ether oxygens (including phenoxy) is 1. The van der Waals surface area contributed by atoms with Crippen LogP contribution in [-0.2, 0) is 0 Å². The van der Waals surface area contributed by atoms with E-state index in [1.807, 2.05) is 24.3 Å². The maximum Gasteiger partial charge on any atom is 0.162 e. The van der Waals surface area contributed by atoms with Gasteiger partial charge in [0.05, 0.1) is 7.11 Å². The van der Waals surface area contributed by atoms with Gasteiger partial charge in [0.25, 0.3) is 0 Å². The standard InChI is InChI=1S/C23H29NO2.ClH/c1-26-22-12-10-21(11-13-22)23(25)9-5-6-16-24-17-14-20(15-18-24)19-7-3-2-4-8-19;/h2-4,7-8,10-13,20H,5-6,9,14-18H2,1H3;1H. The number of likely N-dealkylation sites (tertiary alicyclic amines) is 1. The molecule has 4 heteroatoms. The fourth-order valence-electron chi connectivity index (χ4n) is 3.76. The van der Waals surface area contributed by atoms with Gasteiger partial charge in [-0.2, -0.15) is 0 Å². The summed E-state index contributed by atoms with van der Waals surface area (Å²) in [5.41, 5.74) is 2.27. The third-order valence-corrected chi connectivity index (χ3v) is 5.40. The van der Waals surface area contributed by atoms with Crippen LogP contribution in [0.4, 0.5) is 0 Å². The topological polar surface area (TPSA) is 29.5 Å². The van der Waals surface area contributed by atoms with Crippen LogP contribution >= 0.6 is 12.4 Å². The zero-order chi connectivity index (χ0) is 18.2. The van der Waals surface area contributed by atoms with Crippen LogP contribution in [-0.4, -0.2) is 37.4 Å². The Morgan fingerprint density at radius 1 is 1.00 bits per heavy atom. The van der Waals surface area contributed by atoms with Crippen LogP contribution in [0.25, 0.3) is 0 Å². The number of rotatable bonds is 8. The fourth-order valence-corrected chi connectivity index (χ4v) is 3.76. The van der Waals surface area contributed by atoms with Crippen molar-refractivity contribution in [3.8, 4) is 5.75 Å². The molecular formula is C23H30ClNO2. The lowest BCUT2D eigenvalue weighted by Gasteiger charge is -2.32. The SMILES string of the molecule is COc1ccc(C(=O)CCCCN2CCC(c3ccccc3)CC2)cc1.Cl. The minimum Gasteiger partial charge on any atom is -0.497 e. The summed E-state index contributed by atoms with van der Waals surface area (Å²) in [4.78, 5) is 14.8. The van der Waals surface area contributed by atoms with Gasteiger partial charge in [-0.1, -0.05) is 30.3 Å². The van der Waals surface area contributed by atoms with E-state index in [-0.39, 0.29) is 18.2 Å². The number of piperidine rings is 1. The number of unbranched alkanes of at least 4 members (excludes halogenated alkanes) is 1. The Hall–Kier alpha value is -1.84. The minimum atomic E-state index is 0. The normalized spacial score (nSPS) is 15.1. The van der Waals surface area contributed by atoms with Crippen LogP contribution in [0, 0.1) is 0 Å². The molecule has 0 aromatic heterocycles. The zero-order valence-electron chi connectivity index (χ0n) is 16.1. The number of carbonyl (C=O) groups is 1. The van der Waals surface area contributed by atoms with Crippen LogP contribution in [0.5, 0.6) is 5.75 Å². The lowest BCUT2D eigenvalue weighted by molar-refractivity contribution is 0.0977. The highest BCUT2D eigenvalue weighted by Crippen LogP contribution is 2.27. The molecule has 0 unspecified atom stereocenters. The van der Waals surface area contributed by atoms with E-state index < -0.39 is 0 Å². The molecule has 0 radical (unpaired) electrons. The van der Waals surface area contributed by atoms with Gasteiger partial charge in [0.1, 0.15) is 5.75 Å². The van der Waals surface area contributed by atoms with Gasteiger partial charge in [-0.3, -0.25) is 4.79 Å². The first-order valence-electron chi connectivity index (χ1n) is 9.71. The lowest BCUT2D eigenvalue weighted by Crippen LogP contribution is -2.33. The van der Waals surface area contributed by atoms with Crippen molar-refractivity contribution in [2.24, 2.45) is 0 Å². The molecule has 1 heterocycles. The van der Waals surface area contributed by atoms with Gasteiger partial charge in [-0.15, -0.1) is 12.4 Å². The van der Waals surface area contributed by atoms with Gasteiger partial charge in [0.2, 0.25) is 0 Å². The Bertz CT molecular complexity index is 679. The molecule has 0 amide bonds. The van der Waals surface area contributed by atoms with E-state index in [4.69, 9.17) is 4.74 Å². The molecule has 0 bridgehead atoms. The quantitative estimate of drug-likeness (QED) is 0.451. The van der Waals surface area contributed by atoms with Gasteiger partial charge >= 0.3 is 0 Å². The van der Waals surface area contributed by atoms with Gasteiger partial charge in [0.15, 0.2) is 5.78 Å². The predicted octanol–water partition coefficient (Wildman–Crippen LogP) is 5.35. The van der Waals surface area contributed by atoms with Crippen LogP contribution in [0.3, 0.4) is 0 Å². The predicted molar refractivity (Wildman–Crippen MR) is 113 cm³/mol. The van der Waals surface area contributed by atoms with Crippen molar-refractivity contribution in [1.29, 1.82) is 0 Å². The van der Waals surface area contributed by atoms with Gasteiger partial charge in [-0.25, -0.2) is 0 Å². The average Bonchev–Trinajstić information content (AvgIpc) is 2.72. The summed E-state index contributed by atoms with van der Waals surface area (Å²) in [5, 5.41) is 0. The summed E-state index contributed by atoms with van der Waals surface area (Å²) in [6.07, 6.45) is 5.18. The number of ketones is 1. The number of benzene rings is 2. The van der Waals surface area contributed by atoms with E-state index in [1.54, 1.807) is 7.11 Å².